The molecule has 0 aliphatic rings. The summed E-state index contributed by atoms with van der Waals surface area (Å²) in [5.41, 5.74) is 0.975. The minimum absolute atomic E-state index is 0.319. The van der Waals surface area contributed by atoms with Crippen molar-refractivity contribution in [1.29, 1.82) is 0 Å². The molecule has 0 fully saturated rings. The van der Waals surface area contributed by atoms with Crippen molar-refractivity contribution in [3.8, 4) is 11.5 Å². The van der Waals surface area contributed by atoms with Crippen LogP contribution in [-0.4, -0.2) is 7.05 Å². The highest BCUT2D eigenvalue weighted by Crippen LogP contribution is 2.33. The van der Waals surface area contributed by atoms with Gasteiger partial charge in [0.15, 0.2) is 0 Å². The van der Waals surface area contributed by atoms with Gasteiger partial charge in [-0.05, 0) is 53.3 Å². The molecule has 0 heterocycles. The zero-order valence-electron chi connectivity index (χ0n) is 10.2. The second-order valence-electron chi connectivity index (χ2n) is 3.96. The maximum absolute atomic E-state index is 13.0. The molecule has 1 N–H and O–H groups in total. The van der Waals surface area contributed by atoms with Crippen molar-refractivity contribution in [2.24, 2.45) is 0 Å². The summed E-state index contributed by atoms with van der Waals surface area (Å²) in [5.74, 6) is 0.871. The van der Waals surface area contributed by atoms with Gasteiger partial charge in [0.2, 0.25) is 0 Å². The Bertz CT molecular complexity index is 592. The number of rotatable bonds is 4. The number of halogens is 3. The third-order valence-electron chi connectivity index (χ3n) is 2.51. The molecule has 0 unspecified atom stereocenters. The highest BCUT2D eigenvalue weighted by molar-refractivity contribution is 9.10. The lowest BCUT2D eigenvalue weighted by Crippen LogP contribution is -2.06. The van der Waals surface area contributed by atoms with E-state index >= 15 is 0 Å². The Hall–Kier alpha value is -1.10. The number of ether oxygens (including phenoxy) is 1. The molecule has 0 radical (unpaired) electrons. The Labute approximate surface area is 124 Å². The molecule has 19 heavy (non-hydrogen) atoms. The second kappa shape index (κ2) is 6.37. The Balaban J connectivity index is 2.33. The molecule has 5 heteroatoms. The molecule has 2 aromatic rings. The van der Waals surface area contributed by atoms with Crippen LogP contribution in [0.25, 0.3) is 0 Å². The first-order valence-electron chi connectivity index (χ1n) is 5.66. The third kappa shape index (κ3) is 3.69. The SMILES string of the molecule is CNCc1ccc(Cl)cc1Oc1ccc(F)cc1Br. The van der Waals surface area contributed by atoms with Crippen molar-refractivity contribution >= 4 is 27.5 Å². The summed E-state index contributed by atoms with van der Waals surface area (Å²) < 4.78 is 19.4. The van der Waals surface area contributed by atoms with E-state index in [1.54, 1.807) is 18.2 Å². The van der Waals surface area contributed by atoms with Crippen LogP contribution in [0.1, 0.15) is 5.56 Å². The lowest BCUT2D eigenvalue weighted by molar-refractivity contribution is 0.469. The minimum atomic E-state index is -0.319. The van der Waals surface area contributed by atoms with Gasteiger partial charge in [0, 0.05) is 17.1 Å². The first kappa shape index (κ1) is 14.3. The number of nitrogens with one attached hydrogen (secondary N) is 1. The van der Waals surface area contributed by atoms with Gasteiger partial charge < -0.3 is 10.1 Å². The van der Waals surface area contributed by atoms with E-state index in [4.69, 9.17) is 16.3 Å². The quantitative estimate of drug-likeness (QED) is 0.864. The molecule has 0 saturated carbocycles. The van der Waals surface area contributed by atoms with Gasteiger partial charge in [-0.2, -0.15) is 0 Å². The highest BCUT2D eigenvalue weighted by Gasteiger charge is 2.09. The van der Waals surface area contributed by atoms with Crippen LogP contribution in [-0.2, 0) is 6.54 Å². The van der Waals surface area contributed by atoms with Crippen LogP contribution < -0.4 is 10.1 Å². The van der Waals surface area contributed by atoms with E-state index in [2.05, 4.69) is 21.2 Å². The molecule has 2 nitrogen and oxygen atoms in total. The number of hydrogen-bond donors (Lipinski definition) is 1. The molecule has 0 aliphatic heterocycles. The summed E-state index contributed by atoms with van der Waals surface area (Å²) >= 11 is 9.25. The standard InChI is InChI=1S/C14H12BrClFNO/c1-18-8-9-2-3-10(16)6-14(9)19-13-5-4-11(17)7-12(13)15/h2-7,18H,8H2,1H3. The summed E-state index contributed by atoms with van der Waals surface area (Å²) in [6, 6.07) is 9.72. The molecule has 0 aliphatic carbocycles. The fourth-order valence-corrected chi connectivity index (χ4v) is 2.23. The smallest absolute Gasteiger partial charge is 0.141 e. The summed E-state index contributed by atoms with van der Waals surface area (Å²) in [6.07, 6.45) is 0. The van der Waals surface area contributed by atoms with Crippen LogP contribution in [0.15, 0.2) is 40.9 Å². The Morgan fingerprint density at radius 2 is 2.00 bits per heavy atom. The van der Waals surface area contributed by atoms with Gasteiger partial charge in [-0.3, -0.25) is 0 Å². The van der Waals surface area contributed by atoms with E-state index in [9.17, 15) is 4.39 Å². The van der Waals surface area contributed by atoms with Crippen molar-refractivity contribution in [1.82, 2.24) is 5.32 Å². The lowest BCUT2D eigenvalue weighted by Gasteiger charge is -2.12. The first-order chi connectivity index (χ1) is 9.10. The normalized spacial score (nSPS) is 10.5. The average Bonchev–Trinajstić information content (AvgIpc) is 2.36. The van der Waals surface area contributed by atoms with Gasteiger partial charge in [0.25, 0.3) is 0 Å². The van der Waals surface area contributed by atoms with Gasteiger partial charge in [-0.15, -0.1) is 0 Å². The van der Waals surface area contributed by atoms with Crippen LogP contribution in [0.3, 0.4) is 0 Å². The molecule has 100 valence electrons. The summed E-state index contributed by atoms with van der Waals surface area (Å²) in [7, 11) is 1.85. The highest BCUT2D eigenvalue weighted by atomic mass is 79.9. The zero-order valence-corrected chi connectivity index (χ0v) is 12.6. The fourth-order valence-electron chi connectivity index (χ4n) is 1.64. The monoisotopic (exact) mass is 343 g/mol. The van der Waals surface area contributed by atoms with E-state index < -0.39 is 0 Å². The average molecular weight is 345 g/mol. The van der Waals surface area contributed by atoms with Crippen LogP contribution in [0, 0.1) is 5.82 Å². The van der Waals surface area contributed by atoms with Crippen LogP contribution in [0.5, 0.6) is 11.5 Å². The molecule has 0 spiro atoms. The molecule has 2 rings (SSSR count). The van der Waals surface area contributed by atoms with E-state index in [1.807, 2.05) is 13.1 Å². The van der Waals surface area contributed by atoms with Gasteiger partial charge >= 0.3 is 0 Å². The minimum Gasteiger partial charge on any atom is -0.456 e. The Kier molecular flexibility index (Phi) is 4.80. The number of hydrogen-bond acceptors (Lipinski definition) is 2. The van der Waals surface area contributed by atoms with Crippen LogP contribution >= 0.6 is 27.5 Å². The van der Waals surface area contributed by atoms with E-state index in [0.717, 1.165) is 5.56 Å². The topological polar surface area (TPSA) is 21.3 Å². The van der Waals surface area contributed by atoms with Crippen molar-refractivity contribution < 1.29 is 9.13 Å². The predicted octanol–water partition coefficient (Wildman–Crippen LogP) is 4.75. The maximum atomic E-state index is 13.0. The van der Waals surface area contributed by atoms with Crippen molar-refractivity contribution in [2.45, 2.75) is 6.54 Å². The van der Waals surface area contributed by atoms with E-state index in [1.165, 1.54) is 12.1 Å². The number of benzene rings is 2. The van der Waals surface area contributed by atoms with E-state index in [0.29, 0.717) is 27.5 Å². The molecule has 2 aromatic carbocycles. The molecule has 0 amide bonds. The van der Waals surface area contributed by atoms with Crippen LogP contribution in [0.4, 0.5) is 4.39 Å². The van der Waals surface area contributed by atoms with Crippen molar-refractivity contribution in [2.75, 3.05) is 7.05 Å². The molecule has 0 aromatic heterocycles. The van der Waals surface area contributed by atoms with Gasteiger partial charge in [0.1, 0.15) is 17.3 Å². The Morgan fingerprint density at radius 3 is 2.68 bits per heavy atom. The van der Waals surface area contributed by atoms with Crippen molar-refractivity contribution in [3.05, 3.63) is 57.3 Å². The van der Waals surface area contributed by atoms with Gasteiger partial charge in [0.05, 0.1) is 4.47 Å². The second-order valence-corrected chi connectivity index (χ2v) is 5.25. The molecule has 0 atom stereocenters. The molecular formula is C14H12BrClFNO. The Morgan fingerprint density at radius 1 is 1.21 bits per heavy atom. The summed E-state index contributed by atoms with van der Waals surface area (Å²) in [6.45, 7) is 0.658. The molecule has 0 saturated heterocycles. The fraction of sp³-hybridized carbons (Fsp3) is 0.143. The zero-order chi connectivity index (χ0) is 13.8. The lowest BCUT2D eigenvalue weighted by atomic mass is 10.2. The molecule has 0 bridgehead atoms. The third-order valence-corrected chi connectivity index (χ3v) is 3.37. The van der Waals surface area contributed by atoms with Crippen LogP contribution in [0.2, 0.25) is 5.02 Å². The molecular weight excluding hydrogens is 333 g/mol. The summed E-state index contributed by atoms with van der Waals surface area (Å²) in [5, 5.41) is 3.65. The van der Waals surface area contributed by atoms with Gasteiger partial charge in [-0.1, -0.05) is 17.7 Å². The largest absolute Gasteiger partial charge is 0.456 e. The predicted molar refractivity (Wildman–Crippen MR) is 78.4 cm³/mol. The maximum Gasteiger partial charge on any atom is 0.141 e. The summed E-state index contributed by atoms with van der Waals surface area (Å²) in [4.78, 5) is 0. The van der Waals surface area contributed by atoms with Gasteiger partial charge in [-0.25, -0.2) is 4.39 Å². The van der Waals surface area contributed by atoms with Crippen molar-refractivity contribution in [3.63, 3.8) is 0 Å². The van der Waals surface area contributed by atoms with E-state index in [-0.39, 0.29) is 5.82 Å². The first-order valence-corrected chi connectivity index (χ1v) is 6.83.